The van der Waals surface area contributed by atoms with Gasteiger partial charge in [-0.05, 0) is 79.3 Å². The van der Waals surface area contributed by atoms with Crippen molar-refractivity contribution in [2.45, 2.75) is 44.3 Å². The molecule has 5 aromatic rings. The SMILES string of the molecule is [2H]C1([2H])N(CC2CCN(c3ccc(-c4ccc5c(c4)C(=O)N(C(C(=O)Nc4nccs4)c4cc(F)ccc4O)C5)nn3)CC2)C([2H])([2H])C([2H])([2H])N(c2ccc3c(c2F)C(=O)N(C2CCC(=O)NC2=O)C3=O)C1([2H])[2H]. The predicted molar refractivity (Wildman–Crippen MR) is 236 cm³/mol. The lowest BCUT2D eigenvalue weighted by molar-refractivity contribution is -0.136. The molecule has 3 aromatic carbocycles. The lowest BCUT2D eigenvalue weighted by Crippen LogP contribution is -2.54. The molecule has 5 aliphatic heterocycles. The number of thiazole rings is 1. The number of hydrogen-bond acceptors (Lipinski definition) is 14. The first kappa shape index (κ1) is 34.2. The standard InChI is InChI=1S/C46H42F2N10O7S/c47-28-3-8-35(59)31(22-28)40(42(62)51-46-49-13-20-66-46)57-24-27-2-1-26(21-30(27)43(57)63)32-5-9-36(53-52-32)56-14-11-25(12-15-56)23-54-16-18-55(19-17-54)33-6-4-29-38(39(33)48)45(65)58(44(29)64)34-7-10-37(60)50-41(34)61/h1-6,8-9,13,20-22,25,34,40,59H,7,10-12,14-19,23-24H2,(H,49,51,62)(H,50,60,61)/i16D2,17D2,18D2,19D2. The normalized spacial score (nSPS) is 24.5. The molecule has 2 aromatic heterocycles. The number of aromatic nitrogens is 3. The maximum atomic E-state index is 16.6. The number of nitrogens with one attached hydrogen (secondary N) is 2. The van der Waals surface area contributed by atoms with Crippen molar-refractivity contribution < 1.29 is 53.6 Å². The van der Waals surface area contributed by atoms with E-state index in [1.54, 1.807) is 35.7 Å². The van der Waals surface area contributed by atoms with Crippen LogP contribution >= 0.6 is 11.3 Å². The molecule has 17 nitrogen and oxygen atoms in total. The number of piperidine rings is 2. The van der Waals surface area contributed by atoms with Gasteiger partial charge in [0.2, 0.25) is 11.8 Å². The Bertz CT molecular complexity index is 3160. The molecule has 7 heterocycles. The minimum Gasteiger partial charge on any atom is -0.508 e. The Balaban J connectivity index is 0.818. The number of phenolic OH excluding ortho intramolecular Hbond substituents is 1. The first-order valence-corrected chi connectivity index (χ1v) is 21.7. The van der Waals surface area contributed by atoms with Crippen LogP contribution in [0.4, 0.5) is 25.4 Å². The molecule has 0 saturated carbocycles. The summed E-state index contributed by atoms with van der Waals surface area (Å²) in [4.78, 5) is 87.0. The summed E-state index contributed by atoms with van der Waals surface area (Å²) in [5.74, 6) is -8.11. The van der Waals surface area contributed by atoms with Crippen LogP contribution in [0.5, 0.6) is 5.75 Å². The average molecular weight is 925 g/mol. The van der Waals surface area contributed by atoms with Gasteiger partial charge in [0, 0.05) is 92.3 Å². The van der Waals surface area contributed by atoms with Gasteiger partial charge in [-0.3, -0.25) is 49.2 Å². The smallest absolute Gasteiger partial charge is 0.265 e. The maximum Gasteiger partial charge on any atom is 0.265 e. The number of amides is 6. The molecule has 0 bridgehead atoms. The van der Waals surface area contributed by atoms with Crippen molar-refractivity contribution in [3.05, 3.63) is 112 Å². The molecule has 2 atom stereocenters. The number of carbonyl (C=O) groups excluding carboxylic acids is 6. The number of carbonyl (C=O) groups is 6. The molecule has 0 aliphatic carbocycles. The van der Waals surface area contributed by atoms with E-state index < -0.39 is 114 Å². The summed E-state index contributed by atoms with van der Waals surface area (Å²) >= 11 is 1.14. The fourth-order valence-electron chi connectivity index (χ4n) is 8.76. The van der Waals surface area contributed by atoms with Gasteiger partial charge in [0.25, 0.3) is 23.6 Å². The van der Waals surface area contributed by atoms with E-state index in [0.29, 0.717) is 58.4 Å². The highest BCUT2D eigenvalue weighted by Crippen LogP contribution is 2.39. The third-order valence-electron chi connectivity index (χ3n) is 12.1. The maximum absolute atomic E-state index is 16.6. The summed E-state index contributed by atoms with van der Waals surface area (Å²) in [6.07, 6.45) is 1.59. The highest BCUT2D eigenvalue weighted by molar-refractivity contribution is 7.13. The third-order valence-corrected chi connectivity index (χ3v) is 12.8. The fraction of sp³-hybridized carbons (Fsp3) is 0.326. The van der Waals surface area contributed by atoms with Gasteiger partial charge in [0.05, 0.1) is 28.0 Å². The van der Waals surface area contributed by atoms with E-state index in [2.05, 4.69) is 20.5 Å². The van der Waals surface area contributed by atoms with Crippen LogP contribution in [0.25, 0.3) is 11.3 Å². The van der Waals surface area contributed by atoms with Crippen molar-refractivity contribution in [2.24, 2.45) is 5.92 Å². The van der Waals surface area contributed by atoms with Crippen LogP contribution in [-0.4, -0.2) is 122 Å². The number of rotatable bonds is 10. The molecule has 20 heteroatoms. The van der Waals surface area contributed by atoms with E-state index in [9.17, 15) is 38.3 Å². The minimum atomic E-state index is -3.52. The van der Waals surface area contributed by atoms with Gasteiger partial charge in [-0.25, -0.2) is 13.8 Å². The summed E-state index contributed by atoms with van der Waals surface area (Å²) in [7, 11) is 0. The van der Waals surface area contributed by atoms with E-state index in [1.165, 1.54) is 11.1 Å². The van der Waals surface area contributed by atoms with Crippen LogP contribution in [0.3, 0.4) is 0 Å². The largest absolute Gasteiger partial charge is 0.508 e. The van der Waals surface area contributed by atoms with Crippen molar-refractivity contribution in [1.82, 2.24) is 35.2 Å². The Hall–Kier alpha value is -7.19. The van der Waals surface area contributed by atoms with Gasteiger partial charge in [-0.1, -0.05) is 12.1 Å². The molecule has 0 spiro atoms. The second-order valence-electron chi connectivity index (χ2n) is 16.1. The predicted octanol–water partition coefficient (Wildman–Crippen LogP) is 4.36. The lowest BCUT2D eigenvalue weighted by atomic mass is 9.96. The molecule has 3 saturated heterocycles. The Labute approximate surface area is 391 Å². The second-order valence-corrected chi connectivity index (χ2v) is 17.0. The zero-order valence-electron chi connectivity index (χ0n) is 42.5. The Morgan fingerprint density at radius 2 is 1.70 bits per heavy atom. The Kier molecular flexibility index (Phi) is 8.97. The molecular formula is C46H42F2N10O7S. The van der Waals surface area contributed by atoms with E-state index >= 15 is 4.39 Å². The van der Waals surface area contributed by atoms with Gasteiger partial charge < -0.3 is 19.8 Å². The van der Waals surface area contributed by atoms with E-state index in [4.69, 9.17) is 11.0 Å². The van der Waals surface area contributed by atoms with E-state index in [-0.39, 0.29) is 46.3 Å². The number of hydrogen-bond donors (Lipinski definition) is 3. The summed E-state index contributed by atoms with van der Waals surface area (Å²) < 4.78 is 103. The summed E-state index contributed by atoms with van der Waals surface area (Å²) in [6.45, 7) is -13.7. The Morgan fingerprint density at radius 3 is 2.42 bits per heavy atom. The zero-order chi connectivity index (χ0) is 53.0. The van der Waals surface area contributed by atoms with Crippen molar-refractivity contribution in [3.63, 3.8) is 0 Å². The topological polar surface area (TPSA) is 202 Å². The minimum absolute atomic E-state index is 0.0255. The molecule has 0 radical (unpaired) electrons. The van der Waals surface area contributed by atoms with Crippen molar-refractivity contribution in [2.75, 3.05) is 60.7 Å². The van der Waals surface area contributed by atoms with Crippen molar-refractivity contribution in [3.8, 4) is 17.0 Å². The van der Waals surface area contributed by atoms with Gasteiger partial charge in [0.1, 0.15) is 23.7 Å². The summed E-state index contributed by atoms with van der Waals surface area (Å²) in [5.41, 5.74) is -0.938. The molecule has 10 rings (SSSR count). The zero-order valence-corrected chi connectivity index (χ0v) is 35.3. The number of benzene rings is 3. The van der Waals surface area contributed by atoms with Crippen LogP contribution in [0.1, 0.15) is 84.9 Å². The highest BCUT2D eigenvalue weighted by Gasteiger charge is 2.47. The fourth-order valence-corrected chi connectivity index (χ4v) is 9.30. The van der Waals surface area contributed by atoms with Crippen molar-refractivity contribution >= 4 is 63.4 Å². The van der Waals surface area contributed by atoms with Crippen molar-refractivity contribution in [1.29, 1.82) is 0 Å². The molecule has 3 fully saturated rings. The monoisotopic (exact) mass is 924 g/mol. The van der Waals surface area contributed by atoms with Crippen LogP contribution in [0, 0.1) is 17.6 Å². The number of halogens is 2. The molecule has 6 amide bonds. The van der Waals surface area contributed by atoms with Gasteiger partial charge in [0.15, 0.2) is 16.8 Å². The molecule has 338 valence electrons. The second kappa shape index (κ2) is 17.3. The summed E-state index contributed by atoms with van der Waals surface area (Å²) in [6, 6.07) is 10.3. The first-order chi connectivity index (χ1) is 34.9. The van der Waals surface area contributed by atoms with E-state index in [0.717, 1.165) is 41.7 Å². The quantitative estimate of drug-likeness (QED) is 0.167. The number of fused-ring (bicyclic) bond motifs is 2. The van der Waals surface area contributed by atoms with Gasteiger partial charge >= 0.3 is 0 Å². The molecular weight excluding hydrogens is 875 g/mol. The lowest BCUT2D eigenvalue weighted by Gasteiger charge is -2.40. The number of phenols is 1. The first-order valence-electron chi connectivity index (χ1n) is 24.8. The number of piperazine rings is 1. The molecule has 3 N–H and O–H groups in total. The third kappa shape index (κ3) is 7.88. The number of anilines is 3. The molecule has 5 aliphatic rings. The van der Waals surface area contributed by atoms with E-state index in [1.807, 2.05) is 10.2 Å². The molecule has 66 heavy (non-hydrogen) atoms. The number of aromatic hydroxyl groups is 1. The van der Waals surface area contributed by atoms with Gasteiger partial charge in [-0.15, -0.1) is 21.5 Å². The van der Waals surface area contributed by atoms with Gasteiger partial charge in [-0.2, -0.15) is 0 Å². The average Bonchev–Trinajstić information content (AvgIpc) is 4.06. The Morgan fingerprint density at radius 1 is 0.894 bits per heavy atom. The molecule has 2 unspecified atom stereocenters. The van der Waals surface area contributed by atoms with Crippen LogP contribution in [-0.2, 0) is 20.9 Å². The highest BCUT2D eigenvalue weighted by atomic mass is 32.1. The number of imide groups is 2. The summed E-state index contributed by atoms with van der Waals surface area (Å²) in [5, 5.41) is 26.0. The van der Waals surface area contributed by atoms with Crippen LogP contribution in [0.2, 0.25) is 0 Å². The number of nitrogens with zero attached hydrogens (tertiary/aromatic N) is 8. The van der Waals surface area contributed by atoms with Crippen LogP contribution < -0.4 is 20.4 Å². The van der Waals surface area contributed by atoms with Crippen LogP contribution in [0.15, 0.2) is 72.2 Å².